The number of carbonyl (C=O) groups is 1. The lowest BCUT2D eigenvalue weighted by Crippen LogP contribution is -2.35. The predicted octanol–water partition coefficient (Wildman–Crippen LogP) is 2.08. The Labute approximate surface area is 102 Å². The van der Waals surface area contributed by atoms with Crippen LogP contribution in [0.1, 0.15) is 30.5 Å². The van der Waals surface area contributed by atoms with Gasteiger partial charge in [0.05, 0.1) is 6.42 Å². The van der Waals surface area contributed by atoms with Crippen molar-refractivity contribution >= 4 is 5.97 Å². The van der Waals surface area contributed by atoms with Crippen LogP contribution < -0.4 is 0 Å². The van der Waals surface area contributed by atoms with Crippen molar-refractivity contribution in [3.05, 3.63) is 34.9 Å². The molecule has 0 bridgehead atoms. The molecule has 1 N–H and O–H groups in total. The van der Waals surface area contributed by atoms with E-state index >= 15 is 0 Å². The van der Waals surface area contributed by atoms with Crippen molar-refractivity contribution in [2.24, 2.45) is 0 Å². The number of hydrogen-bond acceptors (Lipinski definition) is 2. The minimum atomic E-state index is -0.760. The van der Waals surface area contributed by atoms with Crippen LogP contribution in [0.4, 0.5) is 0 Å². The van der Waals surface area contributed by atoms with Crippen LogP contribution in [0.5, 0.6) is 0 Å². The van der Waals surface area contributed by atoms with Crippen LogP contribution >= 0.6 is 0 Å². The number of rotatable bonds is 3. The monoisotopic (exact) mass is 233 g/mol. The van der Waals surface area contributed by atoms with Gasteiger partial charge in [-0.15, -0.1) is 0 Å². The largest absolute Gasteiger partial charge is 0.481 e. The Morgan fingerprint density at radius 1 is 1.41 bits per heavy atom. The highest BCUT2D eigenvalue weighted by molar-refractivity contribution is 5.70. The zero-order chi connectivity index (χ0) is 12.4. The van der Waals surface area contributed by atoms with Gasteiger partial charge in [0, 0.05) is 19.1 Å². The summed E-state index contributed by atoms with van der Waals surface area (Å²) in [7, 11) is 0. The maximum Gasteiger partial charge on any atom is 0.307 e. The van der Waals surface area contributed by atoms with Crippen LogP contribution in [0.2, 0.25) is 0 Å². The molecule has 0 fully saturated rings. The summed E-state index contributed by atoms with van der Waals surface area (Å²) in [5.41, 5.74) is 3.58. The van der Waals surface area contributed by atoms with E-state index in [1.807, 2.05) is 6.07 Å². The third-order valence-electron chi connectivity index (χ3n) is 3.40. The van der Waals surface area contributed by atoms with E-state index in [4.69, 9.17) is 5.11 Å². The summed E-state index contributed by atoms with van der Waals surface area (Å²) in [5.74, 6) is -0.760. The molecule has 1 heterocycles. The van der Waals surface area contributed by atoms with Gasteiger partial charge in [-0.25, -0.2) is 0 Å². The molecule has 0 unspecified atom stereocenters. The highest BCUT2D eigenvalue weighted by Crippen LogP contribution is 2.22. The molecule has 0 aromatic heterocycles. The van der Waals surface area contributed by atoms with Gasteiger partial charge in [0.1, 0.15) is 0 Å². The van der Waals surface area contributed by atoms with Crippen molar-refractivity contribution in [2.75, 3.05) is 6.54 Å². The molecule has 0 amide bonds. The van der Waals surface area contributed by atoms with Crippen LogP contribution in [-0.4, -0.2) is 28.6 Å². The van der Waals surface area contributed by atoms with E-state index in [-0.39, 0.29) is 6.42 Å². The minimum absolute atomic E-state index is 0.126. The molecule has 3 nitrogen and oxygen atoms in total. The molecule has 1 aliphatic rings. The van der Waals surface area contributed by atoms with Gasteiger partial charge < -0.3 is 5.11 Å². The molecule has 0 atom stereocenters. The van der Waals surface area contributed by atoms with Gasteiger partial charge in [0.25, 0.3) is 0 Å². The average molecular weight is 233 g/mol. The van der Waals surface area contributed by atoms with E-state index < -0.39 is 5.97 Å². The molecule has 92 valence electrons. The van der Waals surface area contributed by atoms with Crippen LogP contribution in [0.25, 0.3) is 0 Å². The lowest BCUT2D eigenvalue weighted by molar-refractivity contribution is -0.136. The fraction of sp³-hybridized carbons (Fsp3) is 0.500. The van der Waals surface area contributed by atoms with Gasteiger partial charge in [0.15, 0.2) is 0 Å². The lowest BCUT2D eigenvalue weighted by Gasteiger charge is -2.32. The van der Waals surface area contributed by atoms with E-state index in [0.29, 0.717) is 6.04 Å². The fourth-order valence-corrected chi connectivity index (χ4v) is 2.35. The number of fused-ring (bicyclic) bond motifs is 1. The van der Waals surface area contributed by atoms with Gasteiger partial charge in [0.2, 0.25) is 0 Å². The molecular weight excluding hydrogens is 214 g/mol. The normalized spacial score (nSPS) is 15.9. The maximum atomic E-state index is 10.7. The molecule has 0 spiro atoms. The highest BCUT2D eigenvalue weighted by atomic mass is 16.4. The van der Waals surface area contributed by atoms with Crippen LogP contribution in [0.3, 0.4) is 0 Å². The van der Waals surface area contributed by atoms with Crippen molar-refractivity contribution in [1.29, 1.82) is 0 Å². The van der Waals surface area contributed by atoms with Crippen LogP contribution in [0, 0.1) is 0 Å². The molecule has 0 saturated carbocycles. The maximum absolute atomic E-state index is 10.7. The average Bonchev–Trinajstić information content (AvgIpc) is 2.27. The fourth-order valence-electron chi connectivity index (χ4n) is 2.35. The Bertz CT molecular complexity index is 426. The Morgan fingerprint density at radius 2 is 2.18 bits per heavy atom. The first-order valence-corrected chi connectivity index (χ1v) is 6.13. The van der Waals surface area contributed by atoms with E-state index in [1.165, 1.54) is 11.1 Å². The van der Waals surface area contributed by atoms with E-state index in [0.717, 1.165) is 25.1 Å². The number of carboxylic acids is 1. The van der Waals surface area contributed by atoms with Gasteiger partial charge in [-0.1, -0.05) is 18.2 Å². The number of nitrogens with zero attached hydrogens (tertiary/aromatic N) is 1. The number of aliphatic carboxylic acids is 1. The Kier molecular flexibility index (Phi) is 3.48. The highest BCUT2D eigenvalue weighted by Gasteiger charge is 2.18. The second-order valence-electron chi connectivity index (χ2n) is 4.99. The van der Waals surface area contributed by atoms with Gasteiger partial charge in [-0.3, -0.25) is 9.69 Å². The lowest BCUT2D eigenvalue weighted by atomic mass is 9.95. The first kappa shape index (κ1) is 12.1. The topological polar surface area (TPSA) is 40.5 Å². The van der Waals surface area contributed by atoms with Crippen LogP contribution in [-0.2, 0) is 24.2 Å². The second kappa shape index (κ2) is 4.88. The third kappa shape index (κ3) is 2.86. The molecule has 1 aromatic carbocycles. The first-order valence-electron chi connectivity index (χ1n) is 6.13. The summed E-state index contributed by atoms with van der Waals surface area (Å²) in [6.07, 6.45) is 1.15. The van der Waals surface area contributed by atoms with E-state index in [2.05, 4.69) is 30.9 Å². The Morgan fingerprint density at radius 3 is 2.82 bits per heavy atom. The zero-order valence-electron chi connectivity index (χ0n) is 10.4. The van der Waals surface area contributed by atoms with E-state index in [1.54, 1.807) is 0 Å². The Hall–Kier alpha value is -1.35. The zero-order valence-corrected chi connectivity index (χ0v) is 10.4. The summed E-state index contributed by atoms with van der Waals surface area (Å²) in [4.78, 5) is 13.1. The number of benzene rings is 1. The number of hydrogen-bond donors (Lipinski definition) is 1. The summed E-state index contributed by atoms with van der Waals surface area (Å²) < 4.78 is 0. The molecular formula is C14H19NO2. The quantitative estimate of drug-likeness (QED) is 0.869. The van der Waals surface area contributed by atoms with Gasteiger partial charge in [-0.2, -0.15) is 0 Å². The number of carboxylic acid groups (broad SMARTS) is 1. The molecule has 2 rings (SSSR count). The van der Waals surface area contributed by atoms with Crippen molar-refractivity contribution in [3.63, 3.8) is 0 Å². The van der Waals surface area contributed by atoms with Gasteiger partial charge >= 0.3 is 5.97 Å². The molecule has 17 heavy (non-hydrogen) atoms. The summed E-state index contributed by atoms with van der Waals surface area (Å²) in [5, 5.41) is 8.78. The standard InChI is InChI=1S/C14H19NO2/c1-10(2)15-6-5-12-7-11(8-14(16)17)3-4-13(12)9-15/h3-4,7,10H,5-6,8-9H2,1-2H3,(H,16,17). The molecule has 1 aromatic rings. The third-order valence-corrected chi connectivity index (χ3v) is 3.40. The summed E-state index contributed by atoms with van der Waals surface area (Å²) in [6.45, 7) is 6.48. The molecule has 0 aliphatic carbocycles. The van der Waals surface area contributed by atoms with Crippen molar-refractivity contribution in [2.45, 2.75) is 39.3 Å². The second-order valence-corrected chi connectivity index (χ2v) is 4.99. The van der Waals surface area contributed by atoms with E-state index in [9.17, 15) is 4.79 Å². The predicted molar refractivity (Wildman–Crippen MR) is 67.0 cm³/mol. The first-order chi connectivity index (χ1) is 8.06. The SMILES string of the molecule is CC(C)N1CCc2cc(CC(=O)O)ccc2C1. The minimum Gasteiger partial charge on any atom is -0.481 e. The van der Waals surface area contributed by atoms with Gasteiger partial charge in [-0.05, 0) is 37.0 Å². The Balaban J connectivity index is 2.16. The van der Waals surface area contributed by atoms with Crippen molar-refractivity contribution in [1.82, 2.24) is 4.90 Å². The molecule has 0 radical (unpaired) electrons. The summed E-state index contributed by atoms with van der Waals surface area (Å²) in [6, 6.07) is 6.65. The molecule has 1 aliphatic heterocycles. The molecule has 3 heteroatoms. The van der Waals surface area contributed by atoms with Crippen molar-refractivity contribution < 1.29 is 9.90 Å². The summed E-state index contributed by atoms with van der Waals surface area (Å²) >= 11 is 0. The smallest absolute Gasteiger partial charge is 0.307 e. The molecule has 0 saturated heterocycles. The van der Waals surface area contributed by atoms with Crippen molar-refractivity contribution in [3.8, 4) is 0 Å². The van der Waals surface area contributed by atoms with Crippen LogP contribution in [0.15, 0.2) is 18.2 Å².